The minimum atomic E-state index is -0.468. The van der Waals surface area contributed by atoms with Crippen molar-refractivity contribution >= 4 is 11.7 Å². The van der Waals surface area contributed by atoms with Gasteiger partial charge in [0.2, 0.25) is 5.43 Å². The van der Waals surface area contributed by atoms with E-state index in [1.54, 1.807) is 11.6 Å². The van der Waals surface area contributed by atoms with E-state index >= 15 is 0 Å². The Bertz CT molecular complexity index is 1360. The zero-order valence-electron chi connectivity index (χ0n) is 18.0. The molecule has 160 valence electrons. The van der Waals surface area contributed by atoms with E-state index in [9.17, 15) is 14.0 Å². The Kier molecular flexibility index (Phi) is 5.69. The number of hydrogen-bond acceptors (Lipinski definition) is 3. The number of carbonyl (C=O) groups is 1. The quantitative estimate of drug-likeness (QED) is 0.486. The molecule has 0 fully saturated rings. The summed E-state index contributed by atoms with van der Waals surface area (Å²) in [5.41, 5.74) is 4.19. The van der Waals surface area contributed by atoms with Crippen LogP contribution in [0.3, 0.4) is 0 Å². The van der Waals surface area contributed by atoms with Gasteiger partial charge in [0, 0.05) is 5.56 Å². The Balaban J connectivity index is 1.96. The van der Waals surface area contributed by atoms with E-state index in [0.717, 1.165) is 11.1 Å². The maximum Gasteiger partial charge on any atom is 0.256 e. The van der Waals surface area contributed by atoms with Gasteiger partial charge in [0.1, 0.15) is 17.3 Å². The van der Waals surface area contributed by atoms with Crippen LogP contribution in [0.15, 0.2) is 77.6 Å². The molecule has 0 bridgehead atoms. The summed E-state index contributed by atoms with van der Waals surface area (Å²) in [6.07, 6.45) is 0. The van der Waals surface area contributed by atoms with Gasteiger partial charge >= 0.3 is 0 Å². The molecule has 0 aliphatic carbocycles. The van der Waals surface area contributed by atoms with Gasteiger partial charge in [-0.15, -0.1) is 0 Å². The molecular formula is C26H22FN3O2. The normalized spacial score (nSPS) is 10.8. The molecule has 1 aromatic heterocycles. The van der Waals surface area contributed by atoms with Gasteiger partial charge in [0.15, 0.2) is 0 Å². The molecule has 0 saturated heterocycles. The number of amides is 1. The molecule has 4 rings (SSSR count). The van der Waals surface area contributed by atoms with Crippen LogP contribution in [-0.4, -0.2) is 15.7 Å². The number of benzene rings is 3. The lowest BCUT2D eigenvalue weighted by Crippen LogP contribution is -2.25. The van der Waals surface area contributed by atoms with Crippen molar-refractivity contribution in [2.24, 2.45) is 0 Å². The average Bonchev–Trinajstić information content (AvgIpc) is 2.79. The number of aryl methyl sites for hydroxylation is 3. The van der Waals surface area contributed by atoms with E-state index in [1.165, 1.54) is 24.3 Å². The molecule has 3 aromatic carbocycles. The highest BCUT2D eigenvalue weighted by Gasteiger charge is 2.21. The monoisotopic (exact) mass is 427 g/mol. The summed E-state index contributed by atoms with van der Waals surface area (Å²) in [6.45, 7) is 5.65. The van der Waals surface area contributed by atoms with Gasteiger partial charge in [-0.05, 0) is 73.9 Å². The molecule has 0 spiro atoms. The van der Waals surface area contributed by atoms with E-state index in [1.807, 2.05) is 62.4 Å². The van der Waals surface area contributed by atoms with Crippen molar-refractivity contribution < 1.29 is 9.18 Å². The van der Waals surface area contributed by atoms with Gasteiger partial charge in [0.05, 0.1) is 11.3 Å². The number of hydrogen-bond donors (Lipinski definition) is 1. The summed E-state index contributed by atoms with van der Waals surface area (Å²) in [6, 6.07) is 20.2. The van der Waals surface area contributed by atoms with Crippen molar-refractivity contribution in [3.05, 3.63) is 111 Å². The Labute approximate surface area is 185 Å². The maximum atomic E-state index is 13.3. The first-order valence-corrected chi connectivity index (χ1v) is 10.2. The van der Waals surface area contributed by atoms with Crippen LogP contribution in [0.4, 0.5) is 10.2 Å². The van der Waals surface area contributed by atoms with Crippen LogP contribution in [0.25, 0.3) is 16.8 Å². The zero-order valence-corrected chi connectivity index (χ0v) is 18.0. The molecule has 1 amide bonds. The minimum Gasteiger partial charge on any atom is -0.306 e. The lowest BCUT2D eigenvalue weighted by Gasteiger charge is -2.19. The predicted octanol–water partition coefficient (Wildman–Crippen LogP) is 5.22. The number of carbonyl (C=O) groups excluding carboxylic acids is 1. The Morgan fingerprint density at radius 2 is 1.59 bits per heavy atom. The van der Waals surface area contributed by atoms with Crippen molar-refractivity contribution in [1.82, 2.24) is 9.78 Å². The van der Waals surface area contributed by atoms with Crippen LogP contribution < -0.4 is 10.7 Å². The van der Waals surface area contributed by atoms with Gasteiger partial charge in [-0.2, -0.15) is 5.10 Å². The molecule has 1 N–H and O–H groups in total. The Morgan fingerprint density at radius 3 is 2.25 bits per heavy atom. The summed E-state index contributed by atoms with van der Waals surface area (Å²) >= 11 is 0. The standard InChI is InChI=1S/C26H22FN3O2/c1-16-9-14-22(15-17(16)2)30-25(28-26(32)20-10-12-21(27)13-11-20)23(24(31)18(3)29-30)19-7-5-4-6-8-19/h4-15H,1-3H3,(H,28,32). The molecule has 0 unspecified atom stereocenters. The average molecular weight is 427 g/mol. The SMILES string of the molecule is Cc1ccc(-n2nc(C)c(=O)c(-c3ccccc3)c2NC(=O)c2ccc(F)cc2)cc1C. The van der Waals surface area contributed by atoms with Gasteiger partial charge in [0.25, 0.3) is 5.91 Å². The third kappa shape index (κ3) is 4.07. The molecule has 1 heterocycles. The van der Waals surface area contributed by atoms with E-state index in [2.05, 4.69) is 10.4 Å². The van der Waals surface area contributed by atoms with E-state index in [4.69, 9.17) is 0 Å². The molecule has 0 aliphatic heterocycles. The largest absolute Gasteiger partial charge is 0.306 e. The van der Waals surface area contributed by atoms with Crippen LogP contribution in [0.1, 0.15) is 27.2 Å². The number of nitrogens with zero attached hydrogens (tertiary/aromatic N) is 2. The smallest absolute Gasteiger partial charge is 0.256 e. The summed E-state index contributed by atoms with van der Waals surface area (Å²) < 4.78 is 14.9. The highest BCUT2D eigenvalue weighted by atomic mass is 19.1. The van der Waals surface area contributed by atoms with Crippen molar-refractivity contribution in [3.8, 4) is 16.8 Å². The number of nitrogens with one attached hydrogen (secondary N) is 1. The second-order valence-corrected chi connectivity index (χ2v) is 7.65. The third-order valence-electron chi connectivity index (χ3n) is 5.39. The fraction of sp³-hybridized carbons (Fsp3) is 0.115. The number of aromatic nitrogens is 2. The molecule has 6 heteroatoms. The van der Waals surface area contributed by atoms with Crippen molar-refractivity contribution in [3.63, 3.8) is 0 Å². The third-order valence-corrected chi connectivity index (χ3v) is 5.39. The molecule has 5 nitrogen and oxygen atoms in total. The predicted molar refractivity (Wildman–Crippen MR) is 124 cm³/mol. The van der Waals surface area contributed by atoms with Crippen molar-refractivity contribution in [2.45, 2.75) is 20.8 Å². The van der Waals surface area contributed by atoms with Crippen LogP contribution in [0.2, 0.25) is 0 Å². The molecule has 0 radical (unpaired) electrons. The number of rotatable bonds is 4. The highest BCUT2D eigenvalue weighted by Crippen LogP contribution is 2.28. The zero-order chi connectivity index (χ0) is 22.8. The topological polar surface area (TPSA) is 64.0 Å². The first-order chi connectivity index (χ1) is 15.3. The lowest BCUT2D eigenvalue weighted by atomic mass is 10.0. The number of halogens is 1. The van der Waals surface area contributed by atoms with Crippen molar-refractivity contribution in [2.75, 3.05) is 5.32 Å². The minimum absolute atomic E-state index is 0.254. The van der Waals surface area contributed by atoms with Crippen LogP contribution in [-0.2, 0) is 0 Å². The molecule has 0 atom stereocenters. The molecule has 4 aromatic rings. The highest BCUT2D eigenvalue weighted by molar-refractivity contribution is 6.05. The van der Waals surface area contributed by atoms with E-state index < -0.39 is 11.7 Å². The van der Waals surface area contributed by atoms with Crippen LogP contribution >= 0.6 is 0 Å². The van der Waals surface area contributed by atoms with Crippen LogP contribution in [0.5, 0.6) is 0 Å². The van der Waals surface area contributed by atoms with Gasteiger partial charge < -0.3 is 5.32 Å². The van der Waals surface area contributed by atoms with Gasteiger partial charge in [-0.25, -0.2) is 9.07 Å². The first-order valence-electron chi connectivity index (χ1n) is 10.2. The van der Waals surface area contributed by atoms with E-state index in [0.29, 0.717) is 22.5 Å². The molecule has 32 heavy (non-hydrogen) atoms. The Hall–Kier alpha value is -4.06. The van der Waals surface area contributed by atoms with E-state index in [-0.39, 0.29) is 16.8 Å². The molecular weight excluding hydrogens is 405 g/mol. The second-order valence-electron chi connectivity index (χ2n) is 7.65. The molecule has 0 saturated carbocycles. The van der Waals surface area contributed by atoms with Crippen molar-refractivity contribution in [1.29, 1.82) is 0 Å². The first kappa shape index (κ1) is 21.2. The summed E-state index contributed by atoms with van der Waals surface area (Å²) in [7, 11) is 0. The fourth-order valence-corrected chi connectivity index (χ4v) is 3.45. The second kappa shape index (κ2) is 8.59. The fourth-order valence-electron chi connectivity index (χ4n) is 3.45. The summed E-state index contributed by atoms with van der Waals surface area (Å²) in [5, 5.41) is 7.34. The van der Waals surface area contributed by atoms with Gasteiger partial charge in [-0.3, -0.25) is 9.59 Å². The van der Waals surface area contributed by atoms with Crippen LogP contribution in [0, 0.1) is 26.6 Å². The number of anilines is 1. The molecule has 0 aliphatic rings. The van der Waals surface area contributed by atoms with Gasteiger partial charge in [-0.1, -0.05) is 36.4 Å². The lowest BCUT2D eigenvalue weighted by molar-refractivity contribution is 0.102. The Morgan fingerprint density at radius 1 is 0.906 bits per heavy atom. The maximum absolute atomic E-state index is 13.3. The summed E-state index contributed by atoms with van der Waals surface area (Å²) in [4.78, 5) is 26.2. The summed E-state index contributed by atoms with van der Waals surface area (Å²) in [5.74, 6) is -0.648.